The third kappa shape index (κ3) is 4.50. The number of benzene rings is 1. The summed E-state index contributed by atoms with van der Waals surface area (Å²) in [5.41, 5.74) is 1.27. The first-order valence-corrected chi connectivity index (χ1v) is 6.22. The Morgan fingerprint density at radius 2 is 1.14 bits per heavy atom. The Labute approximate surface area is 127 Å². The van der Waals surface area contributed by atoms with Crippen LogP contribution in [0.15, 0.2) is 12.1 Å². The molecule has 0 fully saturated rings. The molecule has 1 rings (SSSR count). The molecule has 0 N–H and O–H groups in total. The second-order valence-corrected chi connectivity index (χ2v) is 4.01. The molecule has 0 heterocycles. The van der Waals surface area contributed by atoms with Crippen LogP contribution in [-0.4, -0.2) is 40.4 Å². The van der Waals surface area contributed by atoms with Crippen molar-refractivity contribution >= 4 is 11.9 Å². The number of esters is 2. The summed E-state index contributed by atoms with van der Waals surface area (Å²) in [5, 5.41) is 0. The van der Waals surface area contributed by atoms with Crippen molar-refractivity contribution in [3.05, 3.63) is 34.4 Å². The zero-order chi connectivity index (χ0) is 16.5. The van der Waals surface area contributed by atoms with Gasteiger partial charge in [-0.1, -0.05) is 0 Å². The lowest BCUT2D eigenvalue weighted by molar-refractivity contribution is -0.287. The molecular formula is C14H18O8. The van der Waals surface area contributed by atoms with E-state index in [9.17, 15) is 9.59 Å². The Kier molecular flexibility index (Phi) is 7.47. The molecule has 122 valence electrons. The zero-order valence-electron chi connectivity index (χ0n) is 12.8. The molecular weight excluding hydrogens is 296 g/mol. The van der Waals surface area contributed by atoms with Gasteiger partial charge in [-0.3, -0.25) is 0 Å². The molecule has 0 radical (unpaired) electrons. The van der Waals surface area contributed by atoms with Crippen LogP contribution in [0.3, 0.4) is 0 Å². The minimum atomic E-state index is -0.668. The van der Waals surface area contributed by atoms with Gasteiger partial charge >= 0.3 is 11.9 Å². The van der Waals surface area contributed by atoms with E-state index in [2.05, 4.69) is 19.2 Å². The summed E-state index contributed by atoms with van der Waals surface area (Å²) in [6, 6.07) is 2.93. The van der Waals surface area contributed by atoms with E-state index in [1.54, 1.807) is 0 Å². The number of carbonyl (C=O) groups is 2. The van der Waals surface area contributed by atoms with Crippen LogP contribution in [0.25, 0.3) is 0 Å². The summed E-state index contributed by atoms with van der Waals surface area (Å²) in [5.74, 6) is -1.34. The number of ether oxygens (including phenoxy) is 2. The first-order valence-electron chi connectivity index (χ1n) is 6.22. The maximum atomic E-state index is 11.8. The minimum absolute atomic E-state index is 0.0460. The molecule has 0 aliphatic carbocycles. The lowest BCUT2D eigenvalue weighted by atomic mass is 9.98. The van der Waals surface area contributed by atoms with E-state index in [-0.39, 0.29) is 24.3 Å². The van der Waals surface area contributed by atoms with Gasteiger partial charge in [0.25, 0.3) is 0 Å². The van der Waals surface area contributed by atoms with Crippen molar-refractivity contribution in [3.63, 3.8) is 0 Å². The smallest absolute Gasteiger partial charge is 0.338 e. The molecule has 0 saturated heterocycles. The topological polar surface area (TPSA) is 89.5 Å². The molecule has 8 heteroatoms. The summed E-state index contributed by atoms with van der Waals surface area (Å²) in [6.45, 7) is 0.0920. The Balaban J connectivity index is 3.34. The summed E-state index contributed by atoms with van der Waals surface area (Å²) >= 11 is 0. The highest BCUT2D eigenvalue weighted by atomic mass is 17.2. The molecule has 0 aliphatic rings. The lowest BCUT2D eigenvalue weighted by Crippen LogP contribution is -2.14. The first-order chi connectivity index (χ1) is 10.6. The predicted octanol–water partition coefficient (Wildman–Crippen LogP) is 1.42. The van der Waals surface area contributed by atoms with Gasteiger partial charge in [-0.15, -0.1) is 0 Å². The highest BCUT2D eigenvalue weighted by Crippen LogP contribution is 2.21. The Bertz CT molecular complexity index is 479. The number of hydrogen-bond acceptors (Lipinski definition) is 8. The van der Waals surface area contributed by atoms with Gasteiger partial charge in [0, 0.05) is 0 Å². The summed E-state index contributed by atoms with van der Waals surface area (Å²) < 4.78 is 9.35. The molecule has 0 aliphatic heterocycles. The SMILES string of the molecule is COOCc1cc(C(=O)OC)c(C(=O)OC)cc1COOC. The number of methoxy groups -OCH3 is 2. The van der Waals surface area contributed by atoms with E-state index < -0.39 is 11.9 Å². The molecule has 8 nitrogen and oxygen atoms in total. The van der Waals surface area contributed by atoms with Crippen molar-refractivity contribution in [2.75, 3.05) is 28.4 Å². The number of hydrogen-bond donors (Lipinski definition) is 0. The highest BCUT2D eigenvalue weighted by Gasteiger charge is 2.22. The van der Waals surface area contributed by atoms with Gasteiger partial charge in [0.2, 0.25) is 0 Å². The molecule has 0 atom stereocenters. The molecule has 0 saturated carbocycles. The predicted molar refractivity (Wildman–Crippen MR) is 72.7 cm³/mol. The molecule has 0 spiro atoms. The van der Waals surface area contributed by atoms with Crippen LogP contribution in [0.5, 0.6) is 0 Å². The van der Waals surface area contributed by atoms with Crippen molar-refractivity contribution in [2.24, 2.45) is 0 Å². The quantitative estimate of drug-likeness (QED) is 0.404. The minimum Gasteiger partial charge on any atom is -0.465 e. The Morgan fingerprint density at radius 3 is 1.41 bits per heavy atom. The molecule has 1 aromatic carbocycles. The molecule has 22 heavy (non-hydrogen) atoms. The molecule has 1 aromatic rings. The van der Waals surface area contributed by atoms with Crippen LogP contribution in [-0.2, 0) is 42.2 Å². The largest absolute Gasteiger partial charge is 0.465 e. The molecule has 0 unspecified atom stereocenters. The van der Waals surface area contributed by atoms with Crippen LogP contribution in [0.2, 0.25) is 0 Å². The van der Waals surface area contributed by atoms with E-state index in [0.29, 0.717) is 11.1 Å². The van der Waals surface area contributed by atoms with Gasteiger partial charge in [0.1, 0.15) is 13.2 Å². The van der Waals surface area contributed by atoms with E-state index in [1.807, 2.05) is 0 Å². The fourth-order valence-corrected chi connectivity index (χ4v) is 1.76. The molecule has 0 aromatic heterocycles. The highest BCUT2D eigenvalue weighted by molar-refractivity contribution is 6.03. The normalized spacial score (nSPS) is 10.4. The van der Waals surface area contributed by atoms with E-state index in [1.165, 1.54) is 40.6 Å². The number of rotatable bonds is 8. The van der Waals surface area contributed by atoms with Crippen molar-refractivity contribution in [1.82, 2.24) is 0 Å². The van der Waals surface area contributed by atoms with Gasteiger partial charge in [-0.05, 0) is 23.3 Å². The summed E-state index contributed by atoms with van der Waals surface area (Å²) in [7, 11) is 5.15. The second-order valence-electron chi connectivity index (χ2n) is 4.01. The Hall–Kier alpha value is -2.00. The Morgan fingerprint density at radius 1 is 0.773 bits per heavy atom. The second kappa shape index (κ2) is 9.11. The third-order valence-corrected chi connectivity index (χ3v) is 2.81. The van der Waals surface area contributed by atoms with E-state index >= 15 is 0 Å². The standard InChI is InChI=1S/C14H18O8/c1-17-13(15)11-5-9(7-21-19-3)10(8-22-20-4)6-12(11)14(16)18-2/h5-6H,7-8H2,1-4H3. The zero-order valence-corrected chi connectivity index (χ0v) is 12.8. The van der Waals surface area contributed by atoms with Gasteiger partial charge in [-0.25, -0.2) is 29.1 Å². The number of carbonyl (C=O) groups excluding carboxylic acids is 2. The van der Waals surface area contributed by atoms with Gasteiger partial charge in [-0.2, -0.15) is 0 Å². The molecule has 0 amide bonds. The maximum Gasteiger partial charge on any atom is 0.338 e. The van der Waals surface area contributed by atoms with Crippen molar-refractivity contribution < 1.29 is 38.6 Å². The van der Waals surface area contributed by atoms with Crippen molar-refractivity contribution in [3.8, 4) is 0 Å². The fourth-order valence-electron chi connectivity index (χ4n) is 1.76. The van der Waals surface area contributed by atoms with Gasteiger partial charge in [0.05, 0.1) is 39.6 Å². The molecule has 0 bridgehead atoms. The van der Waals surface area contributed by atoms with Crippen molar-refractivity contribution in [1.29, 1.82) is 0 Å². The third-order valence-electron chi connectivity index (χ3n) is 2.81. The average molecular weight is 314 g/mol. The van der Waals surface area contributed by atoms with Crippen LogP contribution in [0.4, 0.5) is 0 Å². The van der Waals surface area contributed by atoms with Crippen LogP contribution in [0, 0.1) is 0 Å². The first kappa shape index (κ1) is 18.1. The summed E-state index contributed by atoms with van der Waals surface area (Å²) in [4.78, 5) is 42.5. The van der Waals surface area contributed by atoms with Crippen LogP contribution in [0.1, 0.15) is 31.8 Å². The fraction of sp³-hybridized carbons (Fsp3) is 0.429. The maximum absolute atomic E-state index is 11.8. The van der Waals surface area contributed by atoms with E-state index in [4.69, 9.17) is 9.78 Å². The van der Waals surface area contributed by atoms with Crippen LogP contribution >= 0.6 is 0 Å². The van der Waals surface area contributed by atoms with E-state index in [0.717, 1.165) is 0 Å². The monoisotopic (exact) mass is 314 g/mol. The van der Waals surface area contributed by atoms with Gasteiger partial charge < -0.3 is 9.47 Å². The lowest BCUT2D eigenvalue weighted by Gasteiger charge is -2.13. The summed E-state index contributed by atoms with van der Waals surface area (Å²) in [6.07, 6.45) is 0. The van der Waals surface area contributed by atoms with Crippen molar-refractivity contribution in [2.45, 2.75) is 13.2 Å². The van der Waals surface area contributed by atoms with Crippen LogP contribution < -0.4 is 0 Å². The average Bonchev–Trinajstić information content (AvgIpc) is 2.56. The van der Waals surface area contributed by atoms with Gasteiger partial charge in [0.15, 0.2) is 0 Å².